The Labute approximate surface area is 108 Å². The highest BCUT2D eigenvalue weighted by Gasteiger charge is 2.14. The number of aromatic nitrogens is 2. The minimum absolute atomic E-state index is 0.300. The number of benzene rings is 1. The van der Waals surface area contributed by atoms with Crippen LogP contribution in [0, 0.1) is 5.82 Å². The lowest BCUT2D eigenvalue weighted by Gasteiger charge is -2.06. The Morgan fingerprint density at radius 2 is 2.11 bits per heavy atom. The lowest BCUT2D eigenvalue weighted by Crippen LogP contribution is -2.25. The van der Waals surface area contributed by atoms with Crippen molar-refractivity contribution in [2.75, 3.05) is 0 Å². The van der Waals surface area contributed by atoms with E-state index in [0.29, 0.717) is 17.3 Å². The number of carbonyl (C=O) groups is 1. The van der Waals surface area contributed by atoms with Crippen LogP contribution in [0.3, 0.4) is 0 Å². The van der Waals surface area contributed by atoms with Crippen LogP contribution in [0.5, 0.6) is 0 Å². The van der Waals surface area contributed by atoms with Gasteiger partial charge in [-0.15, -0.1) is 0 Å². The number of nitrogens with one attached hydrogen (secondary N) is 1. The van der Waals surface area contributed by atoms with E-state index in [-0.39, 0.29) is 11.7 Å². The molecule has 4 nitrogen and oxygen atoms in total. The predicted octanol–water partition coefficient (Wildman–Crippen LogP) is 2.14. The Morgan fingerprint density at radius 3 is 2.67 bits per heavy atom. The summed E-state index contributed by atoms with van der Waals surface area (Å²) in [7, 11) is 1.64. The molecule has 2 rings (SSSR count). The Balaban J connectivity index is 2.03. The maximum atomic E-state index is 12.7. The predicted molar refractivity (Wildman–Crippen MR) is 65.8 cm³/mol. The third kappa shape index (κ3) is 2.68. The molecule has 0 bridgehead atoms. The van der Waals surface area contributed by atoms with Crippen molar-refractivity contribution < 1.29 is 9.18 Å². The van der Waals surface area contributed by atoms with E-state index in [0.717, 1.165) is 5.56 Å². The first kappa shape index (κ1) is 12.6. The first-order valence-electron chi connectivity index (χ1n) is 5.28. The second kappa shape index (κ2) is 5.18. The van der Waals surface area contributed by atoms with Gasteiger partial charge in [0, 0.05) is 13.6 Å². The molecule has 1 heterocycles. The molecule has 0 unspecified atom stereocenters. The standard InChI is InChI=1S/C12H11ClFN3O/c1-17-11(10(13)7-16-17)12(18)15-6-8-2-4-9(14)5-3-8/h2-5,7H,6H2,1H3,(H,15,18). The van der Waals surface area contributed by atoms with Crippen LogP contribution in [-0.2, 0) is 13.6 Å². The third-order valence-corrected chi connectivity index (χ3v) is 2.75. The van der Waals surface area contributed by atoms with E-state index in [1.165, 1.54) is 23.0 Å². The van der Waals surface area contributed by atoms with Crippen molar-refractivity contribution in [3.8, 4) is 0 Å². The zero-order valence-electron chi connectivity index (χ0n) is 9.65. The molecular weight excluding hydrogens is 257 g/mol. The van der Waals surface area contributed by atoms with E-state index in [4.69, 9.17) is 11.6 Å². The summed E-state index contributed by atoms with van der Waals surface area (Å²) >= 11 is 5.85. The molecule has 1 aromatic carbocycles. The minimum Gasteiger partial charge on any atom is -0.347 e. The lowest BCUT2D eigenvalue weighted by molar-refractivity contribution is 0.0941. The summed E-state index contributed by atoms with van der Waals surface area (Å²) in [5.41, 5.74) is 1.11. The number of carbonyl (C=O) groups excluding carboxylic acids is 1. The number of amides is 1. The number of hydrogen-bond acceptors (Lipinski definition) is 2. The van der Waals surface area contributed by atoms with Crippen molar-refractivity contribution >= 4 is 17.5 Å². The van der Waals surface area contributed by atoms with Gasteiger partial charge >= 0.3 is 0 Å². The van der Waals surface area contributed by atoms with Gasteiger partial charge in [-0.05, 0) is 17.7 Å². The number of rotatable bonds is 3. The number of halogens is 2. The Morgan fingerprint density at radius 1 is 1.44 bits per heavy atom. The lowest BCUT2D eigenvalue weighted by atomic mass is 10.2. The fraction of sp³-hybridized carbons (Fsp3) is 0.167. The fourth-order valence-electron chi connectivity index (χ4n) is 1.53. The first-order valence-corrected chi connectivity index (χ1v) is 5.66. The van der Waals surface area contributed by atoms with Gasteiger partial charge in [0.05, 0.1) is 11.2 Å². The van der Waals surface area contributed by atoms with Crippen LogP contribution in [0.1, 0.15) is 16.1 Å². The van der Waals surface area contributed by atoms with E-state index >= 15 is 0 Å². The molecule has 6 heteroatoms. The number of hydrogen-bond donors (Lipinski definition) is 1. The molecule has 0 saturated carbocycles. The van der Waals surface area contributed by atoms with Crippen molar-refractivity contribution in [3.05, 3.63) is 52.6 Å². The first-order chi connectivity index (χ1) is 8.58. The molecule has 1 aromatic heterocycles. The molecule has 1 N–H and O–H groups in total. The van der Waals surface area contributed by atoms with Gasteiger partial charge in [-0.1, -0.05) is 23.7 Å². The second-order valence-corrected chi connectivity index (χ2v) is 4.18. The van der Waals surface area contributed by atoms with Gasteiger partial charge in [0.15, 0.2) is 0 Å². The van der Waals surface area contributed by atoms with Crippen LogP contribution < -0.4 is 5.32 Å². The van der Waals surface area contributed by atoms with Crippen LogP contribution in [0.15, 0.2) is 30.5 Å². The normalized spacial score (nSPS) is 10.4. The molecule has 0 fully saturated rings. The fourth-order valence-corrected chi connectivity index (χ4v) is 1.79. The molecule has 0 spiro atoms. The van der Waals surface area contributed by atoms with Gasteiger partial charge in [0.2, 0.25) is 0 Å². The summed E-state index contributed by atoms with van der Waals surface area (Å²) in [4.78, 5) is 11.9. The largest absolute Gasteiger partial charge is 0.347 e. The maximum absolute atomic E-state index is 12.7. The molecule has 94 valence electrons. The maximum Gasteiger partial charge on any atom is 0.271 e. The van der Waals surface area contributed by atoms with Crippen LogP contribution in [0.25, 0.3) is 0 Å². The van der Waals surface area contributed by atoms with Crippen molar-refractivity contribution in [1.29, 1.82) is 0 Å². The highest BCUT2D eigenvalue weighted by molar-refractivity contribution is 6.33. The average molecular weight is 268 g/mol. The molecular formula is C12H11ClFN3O. The molecule has 0 aliphatic heterocycles. The van der Waals surface area contributed by atoms with Crippen molar-refractivity contribution in [2.45, 2.75) is 6.54 Å². The van der Waals surface area contributed by atoms with E-state index in [1.54, 1.807) is 19.2 Å². The monoisotopic (exact) mass is 267 g/mol. The van der Waals surface area contributed by atoms with Gasteiger partial charge < -0.3 is 5.32 Å². The summed E-state index contributed by atoms with van der Waals surface area (Å²) in [5.74, 6) is -0.621. The van der Waals surface area contributed by atoms with Crippen LogP contribution in [0.2, 0.25) is 5.02 Å². The SMILES string of the molecule is Cn1ncc(Cl)c1C(=O)NCc1ccc(F)cc1. The molecule has 0 atom stereocenters. The molecule has 0 aliphatic rings. The van der Waals surface area contributed by atoms with Crippen molar-refractivity contribution in [1.82, 2.24) is 15.1 Å². The third-order valence-electron chi connectivity index (χ3n) is 2.48. The van der Waals surface area contributed by atoms with Gasteiger partial charge in [-0.3, -0.25) is 9.48 Å². The number of aryl methyl sites for hydroxylation is 1. The molecule has 0 radical (unpaired) electrons. The van der Waals surface area contributed by atoms with Gasteiger partial charge in [0.1, 0.15) is 11.5 Å². The van der Waals surface area contributed by atoms with Crippen LogP contribution in [-0.4, -0.2) is 15.7 Å². The smallest absolute Gasteiger partial charge is 0.271 e. The van der Waals surface area contributed by atoms with E-state index in [2.05, 4.69) is 10.4 Å². The number of nitrogens with zero attached hydrogens (tertiary/aromatic N) is 2. The van der Waals surface area contributed by atoms with E-state index in [9.17, 15) is 9.18 Å². The van der Waals surface area contributed by atoms with Crippen molar-refractivity contribution in [3.63, 3.8) is 0 Å². The second-order valence-electron chi connectivity index (χ2n) is 3.77. The molecule has 1 amide bonds. The quantitative estimate of drug-likeness (QED) is 0.926. The van der Waals surface area contributed by atoms with Gasteiger partial charge in [-0.25, -0.2) is 4.39 Å². The average Bonchev–Trinajstić information content (AvgIpc) is 2.68. The van der Waals surface area contributed by atoms with Crippen molar-refractivity contribution in [2.24, 2.45) is 7.05 Å². The van der Waals surface area contributed by atoms with Crippen LogP contribution in [0.4, 0.5) is 4.39 Å². The Hall–Kier alpha value is -1.88. The summed E-state index contributed by atoms with van der Waals surface area (Å²) in [6.45, 7) is 0.306. The molecule has 0 saturated heterocycles. The molecule has 0 aliphatic carbocycles. The molecule has 18 heavy (non-hydrogen) atoms. The Kier molecular flexibility index (Phi) is 3.62. The Bertz CT molecular complexity index is 546. The molecule has 2 aromatic rings. The minimum atomic E-state index is -0.315. The van der Waals surface area contributed by atoms with E-state index < -0.39 is 0 Å². The van der Waals surface area contributed by atoms with E-state index in [1.807, 2.05) is 0 Å². The summed E-state index contributed by atoms with van der Waals surface area (Å²) in [6, 6.07) is 5.91. The zero-order chi connectivity index (χ0) is 13.1. The van der Waals surface area contributed by atoms with Crippen LogP contribution >= 0.6 is 11.6 Å². The topological polar surface area (TPSA) is 46.9 Å². The summed E-state index contributed by atoms with van der Waals surface area (Å²) in [5, 5.41) is 6.87. The van der Waals surface area contributed by atoms with Gasteiger partial charge in [0.25, 0.3) is 5.91 Å². The highest BCUT2D eigenvalue weighted by atomic mass is 35.5. The summed E-state index contributed by atoms with van der Waals surface area (Å²) < 4.78 is 14.1. The van der Waals surface area contributed by atoms with Gasteiger partial charge in [-0.2, -0.15) is 5.10 Å². The zero-order valence-corrected chi connectivity index (χ0v) is 10.4. The summed E-state index contributed by atoms with van der Waals surface area (Å²) in [6.07, 6.45) is 1.41. The highest BCUT2D eigenvalue weighted by Crippen LogP contribution is 2.13.